The van der Waals surface area contributed by atoms with Crippen LogP contribution in [0.5, 0.6) is 0 Å². The Morgan fingerprint density at radius 3 is 2.31 bits per heavy atom. The van der Waals surface area contributed by atoms with Crippen molar-refractivity contribution < 1.29 is 9.90 Å². The summed E-state index contributed by atoms with van der Waals surface area (Å²) in [5.74, 6) is 0.579. The molecule has 0 amide bonds. The van der Waals surface area contributed by atoms with E-state index in [0.29, 0.717) is 11.8 Å². The molecule has 0 saturated heterocycles. The summed E-state index contributed by atoms with van der Waals surface area (Å²) in [5.41, 5.74) is 5.83. The van der Waals surface area contributed by atoms with Gasteiger partial charge in [0.1, 0.15) is 6.04 Å². The molecule has 4 heteroatoms. The molecule has 3 unspecified atom stereocenters. The van der Waals surface area contributed by atoms with E-state index in [-0.39, 0.29) is 9.74 Å². The highest BCUT2D eigenvalue weighted by atomic mass is 79.9. The number of rotatable bonds is 2. The molecule has 4 aliphatic rings. The van der Waals surface area contributed by atoms with Crippen LogP contribution in [-0.4, -0.2) is 21.4 Å². The third-order valence-corrected chi connectivity index (χ3v) is 5.89. The molecule has 0 aliphatic heterocycles. The smallest absolute Gasteiger partial charge is 0.321 e. The van der Waals surface area contributed by atoms with Crippen molar-refractivity contribution in [2.24, 2.45) is 23.0 Å². The molecule has 4 fully saturated rings. The zero-order valence-corrected chi connectivity index (χ0v) is 10.9. The molecule has 4 rings (SSSR count). The summed E-state index contributed by atoms with van der Waals surface area (Å²) in [6.45, 7) is 0. The van der Waals surface area contributed by atoms with Gasteiger partial charge in [0, 0.05) is 4.32 Å². The van der Waals surface area contributed by atoms with Crippen LogP contribution in [0.4, 0.5) is 0 Å². The van der Waals surface area contributed by atoms with Crippen LogP contribution < -0.4 is 5.73 Å². The van der Waals surface area contributed by atoms with Crippen LogP contribution in [0, 0.1) is 17.3 Å². The van der Waals surface area contributed by atoms with Gasteiger partial charge in [-0.2, -0.15) is 0 Å². The second kappa shape index (κ2) is 3.22. The number of carboxylic acid groups (broad SMARTS) is 1. The van der Waals surface area contributed by atoms with Crippen LogP contribution >= 0.6 is 15.9 Å². The van der Waals surface area contributed by atoms with Crippen LogP contribution in [-0.2, 0) is 4.79 Å². The van der Waals surface area contributed by atoms with Gasteiger partial charge in [0.2, 0.25) is 0 Å². The van der Waals surface area contributed by atoms with Crippen molar-refractivity contribution in [1.29, 1.82) is 0 Å². The van der Waals surface area contributed by atoms with Crippen molar-refractivity contribution in [1.82, 2.24) is 0 Å². The minimum absolute atomic E-state index is 0.126. The predicted octanol–water partition coefficient (Wildman–Crippen LogP) is 2.13. The maximum absolute atomic E-state index is 11.2. The Morgan fingerprint density at radius 1 is 1.31 bits per heavy atom. The largest absolute Gasteiger partial charge is 0.480 e. The van der Waals surface area contributed by atoms with E-state index in [1.165, 1.54) is 19.3 Å². The van der Waals surface area contributed by atoms with Gasteiger partial charge in [-0.1, -0.05) is 15.9 Å². The Balaban J connectivity index is 1.94. The van der Waals surface area contributed by atoms with Gasteiger partial charge in [-0.25, -0.2) is 0 Å². The van der Waals surface area contributed by atoms with Crippen LogP contribution in [0.25, 0.3) is 0 Å². The highest BCUT2D eigenvalue weighted by Gasteiger charge is 2.59. The lowest BCUT2D eigenvalue weighted by Gasteiger charge is -2.61. The quantitative estimate of drug-likeness (QED) is 0.765. The van der Waals surface area contributed by atoms with Gasteiger partial charge in [0.25, 0.3) is 0 Å². The lowest BCUT2D eigenvalue weighted by Crippen LogP contribution is -2.61. The van der Waals surface area contributed by atoms with Gasteiger partial charge >= 0.3 is 5.97 Å². The van der Waals surface area contributed by atoms with Crippen molar-refractivity contribution >= 4 is 21.9 Å². The third-order valence-electron chi connectivity index (χ3n) is 4.96. The standard InChI is InChI=1S/C12H18BrNO2/c13-12-4-7-1-8(5-12)3-11(2-7,6-12)9(14)10(15)16/h7-9H,1-6,14H2,(H,15,16). The zero-order chi connectivity index (χ0) is 11.6. The van der Waals surface area contributed by atoms with E-state index in [0.717, 1.165) is 19.3 Å². The van der Waals surface area contributed by atoms with E-state index in [9.17, 15) is 9.90 Å². The number of hydrogen-bond acceptors (Lipinski definition) is 2. The Morgan fingerprint density at radius 2 is 1.88 bits per heavy atom. The molecule has 0 radical (unpaired) electrons. The lowest BCUT2D eigenvalue weighted by atomic mass is 9.47. The molecule has 3 atom stereocenters. The second-order valence-electron chi connectivity index (χ2n) is 6.29. The first kappa shape index (κ1) is 11.0. The molecule has 0 spiro atoms. The summed E-state index contributed by atoms with van der Waals surface area (Å²) in [4.78, 5) is 11.2. The average molecular weight is 288 g/mol. The molecule has 4 aliphatic carbocycles. The monoisotopic (exact) mass is 287 g/mol. The SMILES string of the molecule is NC(C(=O)O)C12CC3CC(CC(Br)(C3)C1)C2. The molecule has 0 aromatic carbocycles. The number of aliphatic carboxylic acids is 1. The van der Waals surface area contributed by atoms with Crippen molar-refractivity contribution in [2.75, 3.05) is 0 Å². The fraction of sp³-hybridized carbons (Fsp3) is 0.917. The van der Waals surface area contributed by atoms with Crippen LogP contribution in [0.3, 0.4) is 0 Å². The Hall–Kier alpha value is -0.0900. The molecule has 16 heavy (non-hydrogen) atoms. The Kier molecular flexibility index (Phi) is 2.22. The fourth-order valence-electron chi connectivity index (χ4n) is 4.85. The highest BCUT2D eigenvalue weighted by Crippen LogP contribution is 2.65. The van der Waals surface area contributed by atoms with Gasteiger partial charge in [-0.05, 0) is 55.8 Å². The number of alkyl halides is 1. The maximum Gasteiger partial charge on any atom is 0.321 e. The summed E-state index contributed by atoms with van der Waals surface area (Å²) < 4.78 is 0.199. The van der Waals surface area contributed by atoms with E-state index < -0.39 is 12.0 Å². The molecule has 4 saturated carbocycles. The molecule has 0 aromatic rings. The molecule has 3 nitrogen and oxygen atoms in total. The van der Waals surface area contributed by atoms with E-state index in [1.54, 1.807) is 0 Å². The third kappa shape index (κ3) is 1.46. The second-order valence-corrected chi connectivity index (χ2v) is 7.97. The molecular formula is C12H18BrNO2. The Bertz CT molecular complexity index is 330. The summed E-state index contributed by atoms with van der Waals surface area (Å²) in [7, 11) is 0. The number of halogens is 1. The predicted molar refractivity (Wildman–Crippen MR) is 64.4 cm³/mol. The summed E-state index contributed by atoms with van der Waals surface area (Å²) in [5, 5.41) is 9.19. The van der Waals surface area contributed by atoms with Crippen molar-refractivity contribution in [3.8, 4) is 0 Å². The van der Waals surface area contributed by atoms with Gasteiger partial charge in [0.05, 0.1) is 0 Å². The van der Waals surface area contributed by atoms with Gasteiger partial charge < -0.3 is 10.8 Å². The molecule has 0 heterocycles. The van der Waals surface area contributed by atoms with Crippen LogP contribution in [0.15, 0.2) is 0 Å². The van der Waals surface area contributed by atoms with E-state index >= 15 is 0 Å². The summed E-state index contributed by atoms with van der Waals surface area (Å²) in [6, 6.07) is -0.671. The normalized spacial score (nSPS) is 51.6. The van der Waals surface area contributed by atoms with Crippen LogP contribution in [0.2, 0.25) is 0 Å². The molecule has 90 valence electrons. The first-order chi connectivity index (χ1) is 7.42. The minimum atomic E-state index is -0.821. The first-order valence-corrected chi connectivity index (χ1v) is 6.89. The molecular weight excluding hydrogens is 270 g/mol. The van der Waals surface area contributed by atoms with Gasteiger partial charge in [-0.3, -0.25) is 4.79 Å². The molecule has 4 bridgehead atoms. The topological polar surface area (TPSA) is 63.3 Å². The zero-order valence-electron chi connectivity index (χ0n) is 9.29. The van der Waals surface area contributed by atoms with Crippen molar-refractivity contribution in [2.45, 2.75) is 48.9 Å². The summed E-state index contributed by atoms with van der Waals surface area (Å²) in [6.07, 6.45) is 6.76. The molecule has 0 aromatic heterocycles. The number of carboxylic acids is 1. The molecule has 3 N–H and O–H groups in total. The average Bonchev–Trinajstić information content (AvgIpc) is 2.12. The van der Waals surface area contributed by atoms with E-state index in [4.69, 9.17) is 5.73 Å². The number of hydrogen-bond donors (Lipinski definition) is 2. The maximum atomic E-state index is 11.2. The van der Waals surface area contributed by atoms with Gasteiger partial charge in [0.15, 0.2) is 0 Å². The summed E-state index contributed by atoms with van der Waals surface area (Å²) >= 11 is 3.86. The van der Waals surface area contributed by atoms with Crippen molar-refractivity contribution in [3.05, 3.63) is 0 Å². The Labute approximate surface area is 104 Å². The van der Waals surface area contributed by atoms with E-state index in [1.807, 2.05) is 0 Å². The fourth-order valence-corrected chi connectivity index (χ4v) is 6.32. The van der Waals surface area contributed by atoms with Gasteiger partial charge in [-0.15, -0.1) is 0 Å². The highest BCUT2D eigenvalue weighted by molar-refractivity contribution is 9.10. The minimum Gasteiger partial charge on any atom is -0.480 e. The van der Waals surface area contributed by atoms with Crippen molar-refractivity contribution in [3.63, 3.8) is 0 Å². The first-order valence-electron chi connectivity index (χ1n) is 6.10. The number of carbonyl (C=O) groups is 1. The van der Waals surface area contributed by atoms with E-state index in [2.05, 4.69) is 15.9 Å². The lowest BCUT2D eigenvalue weighted by molar-refractivity contribution is -0.147. The number of nitrogens with two attached hydrogens (primary N) is 1. The van der Waals surface area contributed by atoms with Crippen LogP contribution in [0.1, 0.15) is 38.5 Å².